The Morgan fingerprint density at radius 2 is 2.50 bits per heavy atom. The van der Waals surface area contributed by atoms with Gasteiger partial charge in [0, 0.05) is 33.1 Å². The Morgan fingerprint density at radius 3 is 3.25 bits per heavy atom. The zero-order valence-corrected chi connectivity index (χ0v) is 7.21. The summed E-state index contributed by atoms with van der Waals surface area (Å²) in [5, 5.41) is 3.16. The third-order valence-electron chi connectivity index (χ3n) is 2.54. The highest BCUT2D eigenvalue weighted by Crippen LogP contribution is 2.15. The van der Waals surface area contributed by atoms with E-state index in [1.807, 2.05) is 0 Å². The summed E-state index contributed by atoms with van der Waals surface area (Å²) in [6, 6.07) is 0. The minimum atomic E-state index is 0.198. The molecule has 0 aromatic rings. The predicted molar refractivity (Wildman–Crippen MR) is 46.0 cm³/mol. The largest absolute Gasteiger partial charge is 0.355 e. The first-order valence-corrected chi connectivity index (χ1v) is 4.29. The van der Waals surface area contributed by atoms with Crippen molar-refractivity contribution < 1.29 is 4.79 Å². The lowest BCUT2D eigenvalue weighted by molar-refractivity contribution is -0.125. The van der Waals surface area contributed by atoms with Crippen LogP contribution in [0.25, 0.3) is 0 Å². The fourth-order valence-corrected chi connectivity index (χ4v) is 1.83. The summed E-state index contributed by atoms with van der Waals surface area (Å²) in [7, 11) is 1.78. The molecule has 2 heterocycles. The fourth-order valence-electron chi connectivity index (χ4n) is 1.83. The van der Waals surface area contributed by atoms with Crippen LogP contribution in [0.1, 0.15) is 6.42 Å². The van der Waals surface area contributed by atoms with E-state index in [1.54, 1.807) is 7.05 Å². The molecule has 12 heavy (non-hydrogen) atoms. The second-order valence-corrected chi connectivity index (χ2v) is 3.29. The summed E-state index contributed by atoms with van der Waals surface area (Å²) in [5.74, 6) is 1.54. The van der Waals surface area contributed by atoms with Gasteiger partial charge in [0.25, 0.3) is 0 Å². The van der Waals surface area contributed by atoms with Gasteiger partial charge in [-0.05, 0) is 0 Å². The van der Waals surface area contributed by atoms with Crippen molar-refractivity contribution in [2.75, 3.05) is 26.7 Å². The summed E-state index contributed by atoms with van der Waals surface area (Å²) in [4.78, 5) is 17.6. The Balaban J connectivity index is 2.14. The van der Waals surface area contributed by atoms with Crippen molar-refractivity contribution >= 4 is 11.7 Å². The van der Waals surface area contributed by atoms with Gasteiger partial charge < -0.3 is 10.2 Å². The molecule has 4 nitrogen and oxygen atoms in total. The molecule has 0 amide bonds. The second-order valence-electron chi connectivity index (χ2n) is 3.29. The topological polar surface area (TPSA) is 44.7 Å². The highest BCUT2D eigenvalue weighted by molar-refractivity contribution is 5.89. The molecular weight excluding hydrogens is 154 g/mol. The van der Waals surface area contributed by atoms with Crippen molar-refractivity contribution in [1.29, 1.82) is 0 Å². The number of nitrogens with one attached hydrogen (secondary N) is 1. The van der Waals surface area contributed by atoms with Crippen molar-refractivity contribution in [3.63, 3.8) is 0 Å². The standard InChI is InChI=1S/C8H13N3O/c1-9-8-10-4-6-5-11(8)3-2-7(6)12/h6H,2-5H2,1H3,(H,9,10). The molecule has 2 saturated heterocycles. The van der Waals surface area contributed by atoms with Crippen molar-refractivity contribution in [2.45, 2.75) is 6.42 Å². The Hall–Kier alpha value is -1.06. The maximum atomic E-state index is 11.3. The number of piperidine rings is 1. The molecule has 2 aliphatic rings. The molecule has 2 fully saturated rings. The van der Waals surface area contributed by atoms with E-state index in [1.165, 1.54) is 0 Å². The van der Waals surface area contributed by atoms with Gasteiger partial charge in [0.15, 0.2) is 5.96 Å². The fraction of sp³-hybridized carbons (Fsp3) is 0.750. The van der Waals surface area contributed by atoms with Crippen LogP contribution in [0.3, 0.4) is 0 Å². The second kappa shape index (κ2) is 2.77. The Labute approximate surface area is 71.6 Å². The quantitative estimate of drug-likeness (QED) is 0.527. The number of nitrogens with zero attached hydrogens (tertiary/aromatic N) is 2. The van der Waals surface area contributed by atoms with Crippen LogP contribution in [0, 0.1) is 5.92 Å². The van der Waals surface area contributed by atoms with Gasteiger partial charge in [-0.3, -0.25) is 9.79 Å². The van der Waals surface area contributed by atoms with Crippen LogP contribution >= 0.6 is 0 Å². The highest BCUT2D eigenvalue weighted by Gasteiger charge is 2.32. The van der Waals surface area contributed by atoms with Gasteiger partial charge in [0.2, 0.25) is 0 Å². The number of hydrogen-bond donors (Lipinski definition) is 1. The third kappa shape index (κ3) is 1.07. The van der Waals surface area contributed by atoms with Crippen LogP contribution in [-0.4, -0.2) is 43.3 Å². The lowest BCUT2D eigenvalue weighted by atomic mass is 9.95. The van der Waals surface area contributed by atoms with Gasteiger partial charge >= 0.3 is 0 Å². The molecule has 0 aromatic carbocycles. The number of guanidine groups is 1. The van der Waals surface area contributed by atoms with E-state index in [2.05, 4.69) is 15.2 Å². The number of ketones is 1. The number of Topliss-reactive ketones (excluding diaryl/α,β-unsaturated/α-hetero) is 1. The molecule has 2 bridgehead atoms. The van der Waals surface area contributed by atoms with Crippen LogP contribution in [0.5, 0.6) is 0 Å². The molecule has 0 radical (unpaired) electrons. The first kappa shape index (κ1) is 7.58. The lowest BCUT2D eigenvalue weighted by Crippen LogP contribution is -2.57. The van der Waals surface area contributed by atoms with E-state index >= 15 is 0 Å². The van der Waals surface area contributed by atoms with E-state index < -0.39 is 0 Å². The molecule has 0 spiro atoms. The molecule has 2 aliphatic heterocycles. The van der Waals surface area contributed by atoms with Gasteiger partial charge in [0.1, 0.15) is 5.78 Å². The molecule has 1 N–H and O–H groups in total. The highest BCUT2D eigenvalue weighted by atomic mass is 16.1. The molecule has 0 aliphatic carbocycles. The van der Waals surface area contributed by atoms with Crippen molar-refractivity contribution in [3.8, 4) is 0 Å². The van der Waals surface area contributed by atoms with Gasteiger partial charge in [-0.15, -0.1) is 0 Å². The van der Waals surface area contributed by atoms with E-state index in [9.17, 15) is 4.79 Å². The number of fused-ring (bicyclic) bond motifs is 2. The average molecular weight is 167 g/mol. The van der Waals surface area contributed by atoms with E-state index in [0.29, 0.717) is 12.2 Å². The number of hydrogen-bond acceptors (Lipinski definition) is 2. The zero-order valence-electron chi connectivity index (χ0n) is 7.21. The summed E-state index contributed by atoms with van der Waals surface area (Å²) in [6.07, 6.45) is 0.686. The predicted octanol–water partition coefficient (Wildman–Crippen LogP) is -0.534. The first-order chi connectivity index (χ1) is 5.81. The minimum Gasteiger partial charge on any atom is -0.355 e. The van der Waals surface area contributed by atoms with E-state index in [4.69, 9.17) is 0 Å². The average Bonchev–Trinajstić information content (AvgIpc) is 2.12. The number of rotatable bonds is 0. The van der Waals surface area contributed by atoms with E-state index in [-0.39, 0.29) is 5.92 Å². The van der Waals surface area contributed by atoms with E-state index in [0.717, 1.165) is 25.6 Å². The summed E-state index contributed by atoms with van der Waals surface area (Å²) >= 11 is 0. The van der Waals surface area contributed by atoms with Crippen LogP contribution < -0.4 is 5.32 Å². The zero-order chi connectivity index (χ0) is 8.55. The first-order valence-electron chi connectivity index (χ1n) is 4.29. The number of aliphatic imine (C=N–C) groups is 1. The maximum absolute atomic E-state index is 11.3. The Kier molecular flexibility index (Phi) is 1.75. The number of carbonyl (C=O) groups is 1. The molecule has 4 heteroatoms. The monoisotopic (exact) mass is 167 g/mol. The van der Waals surface area contributed by atoms with Crippen LogP contribution in [0.4, 0.5) is 0 Å². The maximum Gasteiger partial charge on any atom is 0.193 e. The van der Waals surface area contributed by atoms with Crippen molar-refractivity contribution in [3.05, 3.63) is 0 Å². The summed E-state index contributed by atoms with van der Waals surface area (Å²) in [5.41, 5.74) is 0. The third-order valence-corrected chi connectivity index (χ3v) is 2.54. The van der Waals surface area contributed by atoms with Gasteiger partial charge in [-0.1, -0.05) is 0 Å². The Bertz CT molecular complexity index is 236. The molecule has 1 unspecified atom stereocenters. The molecule has 0 aromatic heterocycles. The smallest absolute Gasteiger partial charge is 0.193 e. The van der Waals surface area contributed by atoms with Crippen molar-refractivity contribution in [1.82, 2.24) is 10.2 Å². The van der Waals surface area contributed by atoms with Crippen LogP contribution in [-0.2, 0) is 4.79 Å². The van der Waals surface area contributed by atoms with Crippen molar-refractivity contribution in [2.24, 2.45) is 10.9 Å². The van der Waals surface area contributed by atoms with Gasteiger partial charge in [0.05, 0.1) is 5.92 Å². The molecule has 0 saturated carbocycles. The van der Waals surface area contributed by atoms with Gasteiger partial charge in [-0.25, -0.2) is 0 Å². The van der Waals surface area contributed by atoms with Gasteiger partial charge in [-0.2, -0.15) is 0 Å². The molecule has 1 atom stereocenters. The van der Waals surface area contributed by atoms with Crippen LogP contribution in [0.15, 0.2) is 4.99 Å². The molecular formula is C8H13N3O. The SMILES string of the molecule is CN=C1NCC2CN1CCC2=O. The molecule has 66 valence electrons. The molecule has 2 rings (SSSR count). The normalized spacial score (nSPS) is 32.1. The summed E-state index contributed by atoms with van der Waals surface area (Å²) < 4.78 is 0. The Morgan fingerprint density at radius 1 is 1.67 bits per heavy atom. The van der Waals surface area contributed by atoms with Crippen LogP contribution in [0.2, 0.25) is 0 Å². The summed E-state index contributed by atoms with van der Waals surface area (Å²) in [6.45, 7) is 2.45. The lowest BCUT2D eigenvalue weighted by Gasteiger charge is -2.39. The number of carbonyl (C=O) groups excluding carboxylic acids is 1. The minimum absolute atomic E-state index is 0.198.